The highest BCUT2D eigenvalue weighted by Crippen LogP contribution is 2.13. The minimum atomic E-state index is -1.34. The molecule has 2 aromatic rings. The molecule has 0 spiro atoms. The van der Waals surface area contributed by atoms with Crippen LogP contribution < -0.4 is 5.56 Å². The minimum Gasteiger partial charge on any atom is -0.477 e. The van der Waals surface area contributed by atoms with Gasteiger partial charge in [0.1, 0.15) is 17.4 Å². The molecule has 0 fully saturated rings. The Morgan fingerprint density at radius 2 is 2.10 bits per heavy atom. The number of pyridine rings is 1. The molecule has 1 aromatic heterocycles. The molecule has 6 heteroatoms. The maximum Gasteiger partial charge on any atom is 0.341 e. The van der Waals surface area contributed by atoms with E-state index in [-0.39, 0.29) is 23.2 Å². The molecule has 20 heavy (non-hydrogen) atoms. The van der Waals surface area contributed by atoms with E-state index in [1.54, 1.807) is 6.07 Å². The average Bonchev–Trinajstić information content (AvgIpc) is 2.43. The van der Waals surface area contributed by atoms with Crippen LogP contribution in [0.3, 0.4) is 0 Å². The zero-order valence-electron chi connectivity index (χ0n) is 10.2. The van der Waals surface area contributed by atoms with Crippen molar-refractivity contribution in [2.45, 2.75) is 6.54 Å². The molecule has 0 radical (unpaired) electrons. The Bertz CT molecular complexity index is 775. The van der Waals surface area contributed by atoms with Gasteiger partial charge in [0.05, 0.1) is 12.1 Å². The fourth-order valence-electron chi connectivity index (χ4n) is 1.80. The number of aromatic carboxylic acids is 1. The summed E-state index contributed by atoms with van der Waals surface area (Å²) in [5.74, 6) is -2.04. The summed E-state index contributed by atoms with van der Waals surface area (Å²) in [4.78, 5) is 22.7. The van der Waals surface area contributed by atoms with Gasteiger partial charge in [0.25, 0.3) is 5.56 Å². The molecule has 0 saturated heterocycles. The van der Waals surface area contributed by atoms with Crippen molar-refractivity contribution < 1.29 is 14.3 Å². The van der Waals surface area contributed by atoms with Gasteiger partial charge >= 0.3 is 5.97 Å². The number of rotatable bonds is 3. The number of hydrogen-bond donors (Lipinski definition) is 1. The predicted octanol–water partition coefficient (Wildman–Crippen LogP) is 1.61. The Hall–Kier alpha value is -2.94. The number of benzene rings is 1. The van der Waals surface area contributed by atoms with Crippen LogP contribution >= 0.6 is 0 Å². The molecule has 0 saturated carbocycles. The van der Waals surface area contributed by atoms with E-state index in [0.717, 1.165) is 4.57 Å². The Morgan fingerprint density at radius 3 is 2.75 bits per heavy atom. The molecule has 1 N–H and O–H groups in total. The van der Waals surface area contributed by atoms with Crippen LogP contribution in [0, 0.1) is 17.1 Å². The molecule has 0 amide bonds. The van der Waals surface area contributed by atoms with E-state index < -0.39 is 17.3 Å². The highest BCUT2D eigenvalue weighted by molar-refractivity contribution is 5.86. The van der Waals surface area contributed by atoms with Gasteiger partial charge in [-0.05, 0) is 18.2 Å². The van der Waals surface area contributed by atoms with Gasteiger partial charge in [0.15, 0.2) is 0 Å². The third-order valence-electron chi connectivity index (χ3n) is 2.79. The molecule has 0 bridgehead atoms. The van der Waals surface area contributed by atoms with E-state index in [0.29, 0.717) is 0 Å². The van der Waals surface area contributed by atoms with Crippen LogP contribution in [-0.2, 0) is 6.54 Å². The van der Waals surface area contributed by atoms with Crippen LogP contribution in [0.2, 0.25) is 0 Å². The monoisotopic (exact) mass is 272 g/mol. The van der Waals surface area contributed by atoms with Gasteiger partial charge in [0.2, 0.25) is 0 Å². The first kappa shape index (κ1) is 13.5. The molecule has 2 rings (SSSR count). The number of nitrogens with zero attached hydrogens (tertiary/aromatic N) is 2. The Kier molecular flexibility index (Phi) is 3.62. The second-order valence-electron chi connectivity index (χ2n) is 4.05. The lowest BCUT2D eigenvalue weighted by Crippen LogP contribution is -2.26. The van der Waals surface area contributed by atoms with E-state index in [1.807, 2.05) is 0 Å². The van der Waals surface area contributed by atoms with Gasteiger partial charge in [-0.3, -0.25) is 4.79 Å². The van der Waals surface area contributed by atoms with E-state index in [4.69, 9.17) is 10.4 Å². The lowest BCUT2D eigenvalue weighted by Gasteiger charge is -2.08. The third kappa shape index (κ3) is 2.42. The van der Waals surface area contributed by atoms with E-state index in [1.165, 1.54) is 36.5 Å². The smallest absolute Gasteiger partial charge is 0.341 e. The standard InChI is InChI=1S/C14H9FN2O3/c15-12-9(7-16)3-1-4-10(12)8-17-6-2-5-11(13(17)18)14(19)20/h1-6H,8H2,(H,19,20). The SMILES string of the molecule is N#Cc1cccc(Cn2cccc(C(=O)O)c2=O)c1F. The summed E-state index contributed by atoms with van der Waals surface area (Å²) in [6.07, 6.45) is 1.37. The van der Waals surface area contributed by atoms with Crippen molar-refractivity contribution in [3.63, 3.8) is 0 Å². The molecular weight excluding hydrogens is 263 g/mol. The molecule has 1 heterocycles. The van der Waals surface area contributed by atoms with Crippen molar-refractivity contribution in [1.82, 2.24) is 4.57 Å². The normalized spacial score (nSPS) is 10.0. The van der Waals surface area contributed by atoms with Crippen LogP contribution in [-0.4, -0.2) is 15.6 Å². The lowest BCUT2D eigenvalue weighted by molar-refractivity contribution is 0.0694. The van der Waals surface area contributed by atoms with E-state index >= 15 is 0 Å². The van der Waals surface area contributed by atoms with Gasteiger partial charge in [-0.2, -0.15) is 5.26 Å². The molecule has 1 aromatic carbocycles. The van der Waals surface area contributed by atoms with Gasteiger partial charge in [-0.25, -0.2) is 9.18 Å². The summed E-state index contributed by atoms with van der Waals surface area (Å²) in [5, 5.41) is 17.6. The Morgan fingerprint density at radius 1 is 1.35 bits per heavy atom. The third-order valence-corrected chi connectivity index (χ3v) is 2.79. The molecule has 0 aliphatic carbocycles. The van der Waals surface area contributed by atoms with Crippen molar-refractivity contribution in [2.24, 2.45) is 0 Å². The van der Waals surface area contributed by atoms with Crippen molar-refractivity contribution in [3.05, 3.63) is 69.4 Å². The topological polar surface area (TPSA) is 83.1 Å². The number of carboxylic acid groups (broad SMARTS) is 1. The largest absolute Gasteiger partial charge is 0.477 e. The molecule has 0 aliphatic rings. The summed E-state index contributed by atoms with van der Waals surface area (Å²) in [6.45, 7) is -0.138. The van der Waals surface area contributed by atoms with Gasteiger partial charge < -0.3 is 9.67 Å². The number of hydrogen-bond acceptors (Lipinski definition) is 3. The van der Waals surface area contributed by atoms with E-state index in [2.05, 4.69) is 0 Å². The zero-order chi connectivity index (χ0) is 14.7. The van der Waals surface area contributed by atoms with Crippen molar-refractivity contribution in [3.8, 4) is 6.07 Å². The highest BCUT2D eigenvalue weighted by Gasteiger charge is 2.12. The predicted molar refractivity (Wildman–Crippen MR) is 67.9 cm³/mol. The number of carbonyl (C=O) groups is 1. The summed E-state index contributed by atoms with van der Waals surface area (Å²) >= 11 is 0. The Labute approximate surface area is 113 Å². The fourth-order valence-corrected chi connectivity index (χ4v) is 1.80. The minimum absolute atomic E-state index is 0.120. The molecule has 100 valence electrons. The quantitative estimate of drug-likeness (QED) is 0.920. The number of nitriles is 1. The van der Waals surface area contributed by atoms with Gasteiger partial charge in [-0.15, -0.1) is 0 Å². The maximum absolute atomic E-state index is 13.9. The maximum atomic E-state index is 13.9. The van der Waals surface area contributed by atoms with Gasteiger partial charge in [-0.1, -0.05) is 12.1 Å². The molecule has 5 nitrogen and oxygen atoms in total. The summed E-state index contributed by atoms with van der Waals surface area (Å²) < 4.78 is 15.0. The van der Waals surface area contributed by atoms with Crippen molar-refractivity contribution >= 4 is 5.97 Å². The summed E-state index contributed by atoms with van der Waals surface area (Å²) in [7, 11) is 0. The molecule has 0 unspecified atom stereocenters. The fraction of sp³-hybridized carbons (Fsp3) is 0.0714. The van der Waals surface area contributed by atoms with E-state index in [9.17, 15) is 14.0 Å². The van der Waals surface area contributed by atoms with Crippen LogP contribution in [0.25, 0.3) is 0 Å². The highest BCUT2D eigenvalue weighted by atomic mass is 19.1. The Balaban J connectivity index is 2.47. The summed E-state index contributed by atoms with van der Waals surface area (Å²) in [6, 6.07) is 8.56. The first-order valence-corrected chi connectivity index (χ1v) is 5.65. The molecule has 0 aliphatic heterocycles. The summed E-state index contributed by atoms with van der Waals surface area (Å²) in [5.41, 5.74) is -1.08. The number of aromatic nitrogens is 1. The van der Waals surface area contributed by atoms with Crippen LogP contribution in [0.4, 0.5) is 4.39 Å². The second-order valence-corrected chi connectivity index (χ2v) is 4.05. The van der Waals surface area contributed by atoms with Gasteiger partial charge in [0, 0.05) is 11.8 Å². The van der Waals surface area contributed by atoms with Crippen molar-refractivity contribution in [1.29, 1.82) is 5.26 Å². The second kappa shape index (κ2) is 5.36. The average molecular weight is 272 g/mol. The number of carboxylic acids is 1. The molecule has 0 atom stereocenters. The number of halogens is 1. The zero-order valence-corrected chi connectivity index (χ0v) is 10.2. The first-order valence-electron chi connectivity index (χ1n) is 5.65. The van der Waals surface area contributed by atoms with Crippen molar-refractivity contribution in [2.75, 3.05) is 0 Å². The van der Waals surface area contributed by atoms with Crippen LogP contribution in [0.5, 0.6) is 0 Å². The first-order chi connectivity index (χ1) is 9.54. The van der Waals surface area contributed by atoms with Crippen LogP contribution in [0.15, 0.2) is 41.3 Å². The lowest BCUT2D eigenvalue weighted by atomic mass is 10.1. The van der Waals surface area contributed by atoms with Crippen LogP contribution in [0.1, 0.15) is 21.5 Å². The molecular formula is C14H9FN2O3.